The smallest absolute Gasteiger partial charge is 0.159 e. The molecule has 0 fully saturated rings. The van der Waals surface area contributed by atoms with E-state index in [1.807, 2.05) is 81.4 Å². The Kier molecular flexibility index (Phi) is 4.08. The zero-order valence-electron chi connectivity index (χ0n) is 11.5. The third kappa shape index (κ3) is 3.06. The average Bonchev–Trinajstić information content (AvgIpc) is 2.40. The Hall–Kier alpha value is -1.58. The molecule has 0 radical (unpaired) electrons. The molecule has 1 atom stereocenters. The minimum atomic E-state index is -2.35. The molecule has 1 unspecified atom stereocenters. The quantitative estimate of drug-likeness (QED) is 0.616. The van der Waals surface area contributed by atoms with Crippen molar-refractivity contribution in [3.05, 3.63) is 71.5 Å². The highest BCUT2D eigenvalue weighted by Crippen LogP contribution is 2.28. The zero-order chi connectivity index (χ0) is 13.9. The van der Waals surface area contributed by atoms with Crippen LogP contribution in [0.5, 0.6) is 0 Å². The van der Waals surface area contributed by atoms with E-state index in [-0.39, 0.29) is 0 Å². The van der Waals surface area contributed by atoms with Gasteiger partial charge in [-0.1, -0.05) is 28.0 Å². The molecular formula is C16H19NOS. The molecule has 0 saturated carbocycles. The molecule has 0 saturated heterocycles. The van der Waals surface area contributed by atoms with Gasteiger partial charge in [0.05, 0.1) is 5.75 Å². The van der Waals surface area contributed by atoms with Crippen molar-refractivity contribution in [2.75, 3.05) is 14.1 Å². The van der Waals surface area contributed by atoms with E-state index in [9.17, 15) is 4.21 Å². The van der Waals surface area contributed by atoms with Crippen molar-refractivity contribution in [2.24, 2.45) is 0 Å². The molecule has 2 nitrogen and oxygen atoms in total. The van der Waals surface area contributed by atoms with Crippen LogP contribution in [0, 0.1) is 12.7 Å². The largest absolute Gasteiger partial charge is 0.171 e. The molecule has 0 aliphatic rings. The second-order valence-corrected chi connectivity index (χ2v) is 7.30. The molecule has 0 heterocycles. The molecule has 2 aromatic carbocycles. The Balaban J connectivity index is 2.38. The van der Waals surface area contributed by atoms with E-state index in [4.69, 9.17) is 0 Å². The van der Waals surface area contributed by atoms with Crippen molar-refractivity contribution in [2.45, 2.75) is 11.8 Å². The Morgan fingerprint density at radius 3 is 2.05 bits per heavy atom. The lowest BCUT2D eigenvalue weighted by atomic mass is 10.2. The summed E-state index contributed by atoms with van der Waals surface area (Å²) in [7, 11) is 1.35. The molecule has 0 bridgehead atoms. The first-order chi connectivity index (χ1) is 9.02. The minimum Gasteiger partial charge on any atom is -0.159 e. The molecule has 0 aliphatic heterocycles. The minimum absolute atomic E-state index is 0.840. The van der Waals surface area contributed by atoms with Gasteiger partial charge < -0.3 is 0 Å². The number of nitrogens with zero attached hydrogens (tertiary/aromatic N) is 1. The second kappa shape index (κ2) is 5.59. The first-order valence-corrected chi connectivity index (χ1v) is 7.78. The van der Waals surface area contributed by atoms with E-state index in [0.717, 1.165) is 10.5 Å². The SMILES string of the molecule is Cc1ccc([S+](=O)([CH-]c2ccccc2)N(C)C)cc1. The highest BCUT2D eigenvalue weighted by Gasteiger charge is 2.31. The van der Waals surface area contributed by atoms with Gasteiger partial charge in [0, 0.05) is 14.1 Å². The van der Waals surface area contributed by atoms with Gasteiger partial charge in [0.15, 0.2) is 15.0 Å². The summed E-state index contributed by atoms with van der Waals surface area (Å²) in [4.78, 5) is 0.840. The zero-order valence-corrected chi connectivity index (χ0v) is 12.4. The molecule has 2 rings (SSSR count). The van der Waals surface area contributed by atoms with Crippen LogP contribution in [-0.4, -0.2) is 18.4 Å². The van der Waals surface area contributed by atoms with E-state index in [1.165, 1.54) is 5.56 Å². The van der Waals surface area contributed by atoms with Gasteiger partial charge in [-0.3, -0.25) is 0 Å². The summed E-state index contributed by atoms with van der Waals surface area (Å²) in [6.45, 7) is 2.03. The van der Waals surface area contributed by atoms with Gasteiger partial charge in [0.1, 0.15) is 0 Å². The van der Waals surface area contributed by atoms with Crippen molar-refractivity contribution in [3.8, 4) is 0 Å². The lowest BCUT2D eigenvalue weighted by Gasteiger charge is -2.21. The molecule has 0 amide bonds. The van der Waals surface area contributed by atoms with E-state index in [0.29, 0.717) is 0 Å². The standard InChI is InChI=1S/C16H19NOS/c1-14-9-11-16(12-10-14)19(18,17(2)3)13-15-7-5-4-6-8-15/h4-13H,1-3H3. The van der Waals surface area contributed by atoms with Crippen LogP contribution in [0.15, 0.2) is 59.5 Å². The number of benzene rings is 2. The van der Waals surface area contributed by atoms with Gasteiger partial charge in [0.25, 0.3) is 0 Å². The summed E-state index contributed by atoms with van der Waals surface area (Å²) in [6.07, 6.45) is 0. The van der Waals surface area contributed by atoms with Gasteiger partial charge in [-0.25, -0.2) is 0 Å². The summed E-state index contributed by atoms with van der Waals surface area (Å²) < 4.78 is 15.0. The van der Waals surface area contributed by atoms with Crippen LogP contribution >= 0.6 is 0 Å². The maximum Gasteiger partial charge on any atom is 0.171 e. The number of hydrogen-bond acceptors (Lipinski definition) is 1. The third-order valence-electron chi connectivity index (χ3n) is 3.00. The lowest BCUT2D eigenvalue weighted by molar-refractivity contribution is 0.535. The van der Waals surface area contributed by atoms with E-state index >= 15 is 0 Å². The fraction of sp³-hybridized carbons (Fsp3) is 0.188. The van der Waals surface area contributed by atoms with E-state index in [1.54, 1.807) is 4.31 Å². The van der Waals surface area contributed by atoms with Crippen molar-refractivity contribution >= 4 is 10.1 Å². The van der Waals surface area contributed by atoms with Crippen molar-refractivity contribution in [3.63, 3.8) is 0 Å². The summed E-state index contributed by atoms with van der Waals surface area (Å²) in [5, 5.41) is 0. The van der Waals surface area contributed by atoms with Crippen molar-refractivity contribution in [1.82, 2.24) is 4.31 Å². The molecule has 3 heteroatoms. The molecule has 19 heavy (non-hydrogen) atoms. The number of aryl methyl sites for hydroxylation is 1. The normalized spacial score (nSPS) is 14.1. The van der Waals surface area contributed by atoms with E-state index in [2.05, 4.69) is 0 Å². The fourth-order valence-electron chi connectivity index (χ4n) is 1.83. The maximum absolute atomic E-state index is 13.2. The highest BCUT2D eigenvalue weighted by molar-refractivity contribution is 8.02. The first kappa shape index (κ1) is 13.8. The summed E-state index contributed by atoms with van der Waals surface area (Å²) in [6, 6.07) is 17.7. The average molecular weight is 273 g/mol. The Labute approximate surface area is 116 Å². The molecule has 2 aromatic rings. The molecule has 0 spiro atoms. The predicted octanol–water partition coefficient (Wildman–Crippen LogP) is 3.54. The summed E-state index contributed by atoms with van der Waals surface area (Å²) in [5.41, 5.74) is 2.14. The Morgan fingerprint density at radius 2 is 1.53 bits per heavy atom. The number of hydrogen-bond donors (Lipinski definition) is 0. The van der Waals surface area contributed by atoms with Gasteiger partial charge in [-0.05, 0) is 19.1 Å². The van der Waals surface area contributed by atoms with Gasteiger partial charge in [-0.2, -0.15) is 12.1 Å². The van der Waals surface area contributed by atoms with Gasteiger partial charge >= 0.3 is 0 Å². The van der Waals surface area contributed by atoms with Gasteiger partial charge in [0.2, 0.25) is 0 Å². The Morgan fingerprint density at radius 1 is 0.947 bits per heavy atom. The van der Waals surface area contributed by atoms with Gasteiger partial charge in [-0.15, -0.1) is 22.0 Å². The molecule has 0 N–H and O–H groups in total. The Bertz CT molecular complexity index is 575. The monoisotopic (exact) mass is 273 g/mol. The van der Waals surface area contributed by atoms with Crippen LogP contribution in [0.4, 0.5) is 0 Å². The lowest BCUT2D eigenvalue weighted by Crippen LogP contribution is -2.30. The second-order valence-electron chi connectivity index (χ2n) is 4.72. The maximum atomic E-state index is 13.2. The third-order valence-corrected chi connectivity index (χ3v) is 5.62. The topological polar surface area (TPSA) is 20.3 Å². The molecule has 0 aromatic heterocycles. The highest BCUT2D eigenvalue weighted by atomic mass is 32.3. The van der Waals surface area contributed by atoms with Crippen LogP contribution in [0.25, 0.3) is 0 Å². The van der Waals surface area contributed by atoms with Crippen LogP contribution < -0.4 is 0 Å². The van der Waals surface area contributed by atoms with Crippen molar-refractivity contribution in [1.29, 1.82) is 0 Å². The summed E-state index contributed by atoms with van der Waals surface area (Å²) >= 11 is 0. The van der Waals surface area contributed by atoms with Crippen LogP contribution in [0.2, 0.25) is 0 Å². The molecule has 100 valence electrons. The summed E-state index contributed by atoms with van der Waals surface area (Å²) in [5.74, 6) is 1.84. The van der Waals surface area contributed by atoms with Crippen LogP contribution in [-0.2, 0) is 14.3 Å². The molecular weight excluding hydrogens is 254 g/mol. The fourth-order valence-corrected chi connectivity index (χ4v) is 3.65. The first-order valence-electron chi connectivity index (χ1n) is 6.20. The van der Waals surface area contributed by atoms with Crippen molar-refractivity contribution < 1.29 is 4.21 Å². The molecule has 0 aliphatic carbocycles. The predicted molar refractivity (Wildman–Crippen MR) is 81.0 cm³/mol. The van der Waals surface area contributed by atoms with Crippen LogP contribution in [0.1, 0.15) is 11.1 Å². The van der Waals surface area contributed by atoms with E-state index < -0.39 is 10.1 Å². The number of rotatable bonds is 4. The van der Waals surface area contributed by atoms with Crippen LogP contribution in [0.3, 0.4) is 0 Å².